The van der Waals surface area contributed by atoms with Gasteiger partial charge in [0.2, 0.25) is 11.8 Å². The van der Waals surface area contributed by atoms with Crippen LogP contribution in [0.15, 0.2) is 36.5 Å². The van der Waals surface area contributed by atoms with Crippen molar-refractivity contribution in [3.05, 3.63) is 47.1 Å². The molecule has 2 heterocycles. The first-order chi connectivity index (χ1) is 11.6. The predicted molar refractivity (Wildman–Crippen MR) is 94.2 cm³/mol. The summed E-state index contributed by atoms with van der Waals surface area (Å²) in [5.41, 5.74) is 2.13. The molecule has 0 aliphatic carbocycles. The monoisotopic (exact) mass is 340 g/mol. The minimum absolute atomic E-state index is 0.0122. The van der Waals surface area contributed by atoms with E-state index >= 15 is 0 Å². The molecule has 0 bridgehead atoms. The van der Waals surface area contributed by atoms with Crippen molar-refractivity contribution in [3.8, 4) is 16.5 Å². The van der Waals surface area contributed by atoms with Gasteiger partial charge in [0.05, 0.1) is 17.8 Å². The number of Topliss-reactive ketones (excluding diaryl/α,β-unsaturated/α-hetero) is 1. The topological polar surface area (TPSA) is 77.0 Å². The van der Waals surface area contributed by atoms with Gasteiger partial charge >= 0.3 is 0 Å². The largest absolute Gasteiger partial charge is 0.480 e. The second kappa shape index (κ2) is 6.76. The van der Waals surface area contributed by atoms with Gasteiger partial charge in [-0.2, -0.15) is 0 Å². The number of carbonyl (C=O) groups excluding carboxylic acids is 1. The van der Waals surface area contributed by atoms with Crippen LogP contribution in [0.5, 0.6) is 5.88 Å². The van der Waals surface area contributed by atoms with E-state index in [1.54, 1.807) is 25.4 Å². The number of hydrogen-bond donors (Lipinski definition) is 1. The molecule has 0 amide bonds. The smallest absolute Gasteiger partial charge is 0.234 e. The molecule has 1 N–H and O–H groups in total. The number of nitrogens with one attached hydrogen (secondary N) is 1. The van der Waals surface area contributed by atoms with E-state index in [4.69, 9.17) is 4.74 Å². The zero-order chi connectivity index (χ0) is 17.1. The van der Waals surface area contributed by atoms with Crippen LogP contribution >= 0.6 is 11.3 Å². The fourth-order valence-electron chi connectivity index (χ4n) is 2.20. The SMILES string of the molecule is COc1nc(C)sc1-c1ccnc(Nc2cccc(C(C)=O)c2)n1. The van der Waals surface area contributed by atoms with Crippen LogP contribution in [0.3, 0.4) is 0 Å². The van der Waals surface area contributed by atoms with Gasteiger partial charge in [-0.1, -0.05) is 12.1 Å². The predicted octanol–water partition coefficient (Wildman–Crippen LogP) is 3.86. The Labute approximate surface area is 143 Å². The molecular weight excluding hydrogens is 324 g/mol. The quantitative estimate of drug-likeness (QED) is 0.711. The number of carbonyl (C=O) groups is 1. The molecule has 0 aliphatic heterocycles. The third-order valence-corrected chi connectivity index (χ3v) is 4.28. The van der Waals surface area contributed by atoms with Crippen LogP contribution in [0, 0.1) is 6.92 Å². The zero-order valence-electron chi connectivity index (χ0n) is 13.5. The number of rotatable bonds is 5. The molecule has 1 aromatic carbocycles. The molecule has 3 aromatic rings. The van der Waals surface area contributed by atoms with Crippen molar-refractivity contribution in [3.63, 3.8) is 0 Å². The minimum atomic E-state index is 0.0122. The highest BCUT2D eigenvalue weighted by Crippen LogP contribution is 2.34. The molecule has 3 rings (SSSR count). The fourth-order valence-corrected chi connectivity index (χ4v) is 3.06. The second-order valence-electron chi connectivity index (χ2n) is 5.10. The highest BCUT2D eigenvalue weighted by molar-refractivity contribution is 7.15. The van der Waals surface area contributed by atoms with Crippen molar-refractivity contribution in [1.82, 2.24) is 15.0 Å². The molecule has 24 heavy (non-hydrogen) atoms. The fraction of sp³-hybridized carbons (Fsp3) is 0.176. The summed E-state index contributed by atoms with van der Waals surface area (Å²) in [5, 5.41) is 4.03. The molecule has 7 heteroatoms. The number of methoxy groups -OCH3 is 1. The molecule has 0 radical (unpaired) electrons. The van der Waals surface area contributed by atoms with Crippen LogP contribution < -0.4 is 10.1 Å². The second-order valence-corrected chi connectivity index (χ2v) is 6.30. The summed E-state index contributed by atoms with van der Waals surface area (Å²) in [5.74, 6) is 1.01. The summed E-state index contributed by atoms with van der Waals surface area (Å²) in [6.07, 6.45) is 1.67. The number of thiazole rings is 1. The van der Waals surface area contributed by atoms with Crippen LogP contribution in [0.25, 0.3) is 10.6 Å². The maximum Gasteiger partial charge on any atom is 0.234 e. The van der Waals surface area contributed by atoms with E-state index in [-0.39, 0.29) is 5.78 Å². The Morgan fingerprint density at radius 2 is 2.08 bits per heavy atom. The first-order valence-corrected chi connectivity index (χ1v) is 8.11. The van der Waals surface area contributed by atoms with Gasteiger partial charge < -0.3 is 10.1 Å². The summed E-state index contributed by atoms with van der Waals surface area (Å²) >= 11 is 1.51. The summed E-state index contributed by atoms with van der Waals surface area (Å²) in [4.78, 5) is 25.4. The molecular formula is C17H16N4O2S. The lowest BCUT2D eigenvalue weighted by atomic mass is 10.1. The molecule has 0 atom stereocenters. The molecule has 2 aromatic heterocycles. The normalized spacial score (nSPS) is 10.5. The van der Waals surface area contributed by atoms with E-state index < -0.39 is 0 Å². The molecule has 0 aliphatic rings. The Morgan fingerprint density at radius 3 is 2.83 bits per heavy atom. The van der Waals surface area contributed by atoms with Crippen molar-refractivity contribution in [2.24, 2.45) is 0 Å². The third-order valence-electron chi connectivity index (χ3n) is 3.31. The number of aromatic nitrogens is 3. The Morgan fingerprint density at radius 1 is 1.25 bits per heavy atom. The number of benzene rings is 1. The van der Waals surface area contributed by atoms with Gasteiger partial charge in [-0.3, -0.25) is 4.79 Å². The molecule has 0 fully saturated rings. The van der Waals surface area contributed by atoms with Gasteiger partial charge in [0.1, 0.15) is 4.88 Å². The van der Waals surface area contributed by atoms with Crippen LogP contribution in [0.1, 0.15) is 22.3 Å². The van der Waals surface area contributed by atoms with E-state index in [0.717, 1.165) is 21.3 Å². The van der Waals surface area contributed by atoms with Crippen LogP contribution in [-0.4, -0.2) is 27.8 Å². The van der Waals surface area contributed by atoms with Gasteiger partial charge in [-0.15, -0.1) is 11.3 Å². The summed E-state index contributed by atoms with van der Waals surface area (Å²) in [6, 6.07) is 9.04. The lowest BCUT2D eigenvalue weighted by Crippen LogP contribution is -1.99. The number of ketones is 1. The summed E-state index contributed by atoms with van der Waals surface area (Å²) < 4.78 is 5.30. The zero-order valence-corrected chi connectivity index (χ0v) is 14.3. The van der Waals surface area contributed by atoms with Crippen LogP contribution in [0.2, 0.25) is 0 Å². The van der Waals surface area contributed by atoms with E-state index in [0.29, 0.717) is 17.4 Å². The van der Waals surface area contributed by atoms with Gasteiger partial charge in [0.15, 0.2) is 5.78 Å². The third kappa shape index (κ3) is 3.41. The van der Waals surface area contributed by atoms with Crippen molar-refractivity contribution < 1.29 is 9.53 Å². The number of ether oxygens (including phenoxy) is 1. The number of aryl methyl sites for hydroxylation is 1. The number of anilines is 2. The van der Waals surface area contributed by atoms with Gasteiger partial charge in [-0.25, -0.2) is 15.0 Å². The van der Waals surface area contributed by atoms with Crippen molar-refractivity contribution >= 4 is 28.8 Å². The Kier molecular flexibility index (Phi) is 4.52. The van der Waals surface area contributed by atoms with Crippen LogP contribution in [-0.2, 0) is 0 Å². The van der Waals surface area contributed by atoms with E-state index in [9.17, 15) is 4.79 Å². The van der Waals surface area contributed by atoms with Crippen molar-refractivity contribution in [2.75, 3.05) is 12.4 Å². The van der Waals surface area contributed by atoms with Crippen LogP contribution in [0.4, 0.5) is 11.6 Å². The molecule has 122 valence electrons. The van der Waals surface area contributed by atoms with E-state index in [1.807, 2.05) is 25.1 Å². The Hall–Kier alpha value is -2.80. The highest BCUT2D eigenvalue weighted by Gasteiger charge is 2.14. The molecule has 6 nitrogen and oxygen atoms in total. The first kappa shape index (κ1) is 16.1. The molecule has 0 spiro atoms. The van der Waals surface area contributed by atoms with E-state index in [1.165, 1.54) is 18.3 Å². The standard InChI is InChI=1S/C17H16N4O2S/c1-10(22)12-5-4-6-13(9-12)20-17-18-8-7-14(21-17)15-16(23-3)19-11(2)24-15/h4-9H,1-3H3,(H,18,20,21). The maximum atomic E-state index is 11.5. The van der Waals surface area contributed by atoms with E-state index in [2.05, 4.69) is 20.3 Å². The Bertz CT molecular complexity index is 892. The molecule has 0 unspecified atom stereocenters. The van der Waals surface area contributed by atoms with Gasteiger partial charge in [0, 0.05) is 17.4 Å². The van der Waals surface area contributed by atoms with Gasteiger partial charge in [0.25, 0.3) is 0 Å². The Balaban J connectivity index is 1.91. The summed E-state index contributed by atoms with van der Waals surface area (Å²) in [6.45, 7) is 3.46. The molecule has 0 saturated heterocycles. The van der Waals surface area contributed by atoms with Crippen molar-refractivity contribution in [1.29, 1.82) is 0 Å². The van der Waals surface area contributed by atoms with Gasteiger partial charge in [-0.05, 0) is 32.0 Å². The number of hydrogen-bond acceptors (Lipinski definition) is 7. The first-order valence-electron chi connectivity index (χ1n) is 7.29. The lowest BCUT2D eigenvalue weighted by molar-refractivity contribution is 0.101. The minimum Gasteiger partial charge on any atom is -0.480 e. The highest BCUT2D eigenvalue weighted by atomic mass is 32.1. The number of nitrogens with zero attached hydrogens (tertiary/aromatic N) is 3. The maximum absolute atomic E-state index is 11.5. The summed E-state index contributed by atoms with van der Waals surface area (Å²) in [7, 11) is 1.59. The van der Waals surface area contributed by atoms with Crippen molar-refractivity contribution in [2.45, 2.75) is 13.8 Å². The molecule has 0 saturated carbocycles. The lowest BCUT2D eigenvalue weighted by Gasteiger charge is -2.07. The average Bonchev–Trinajstić information content (AvgIpc) is 2.96. The average molecular weight is 340 g/mol.